The molecule has 2 rings (SSSR count). The summed E-state index contributed by atoms with van der Waals surface area (Å²) >= 11 is 0. The SMILES string of the molecule is CC(C)Oc1cc(C(=O)O)cc(-c2ccnn2C)c1. The van der Waals surface area contributed by atoms with Gasteiger partial charge in [0.2, 0.25) is 0 Å². The van der Waals surface area contributed by atoms with Crippen LogP contribution in [0.3, 0.4) is 0 Å². The van der Waals surface area contributed by atoms with Crippen LogP contribution in [-0.2, 0) is 7.05 Å². The van der Waals surface area contributed by atoms with Gasteiger partial charge < -0.3 is 9.84 Å². The highest BCUT2D eigenvalue weighted by Gasteiger charge is 2.12. The molecule has 2 aromatic rings. The maximum absolute atomic E-state index is 11.2. The first kappa shape index (κ1) is 13.1. The van der Waals surface area contributed by atoms with Gasteiger partial charge in [0.1, 0.15) is 5.75 Å². The molecule has 1 N–H and O–H groups in total. The normalized spacial score (nSPS) is 10.7. The molecule has 0 aliphatic rings. The van der Waals surface area contributed by atoms with E-state index in [1.54, 1.807) is 16.9 Å². The van der Waals surface area contributed by atoms with Crippen molar-refractivity contribution in [3.8, 4) is 17.0 Å². The Morgan fingerprint density at radius 2 is 2.11 bits per heavy atom. The molecule has 1 heterocycles. The Bertz CT molecular complexity index is 602. The summed E-state index contributed by atoms with van der Waals surface area (Å²) < 4.78 is 7.29. The van der Waals surface area contributed by atoms with Crippen LogP contribution in [0.25, 0.3) is 11.3 Å². The molecule has 0 unspecified atom stereocenters. The summed E-state index contributed by atoms with van der Waals surface area (Å²) in [5.74, 6) is -0.427. The number of rotatable bonds is 4. The number of aromatic nitrogens is 2. The maximum atomic E-state index is 11.2. The molecule has 0 saturated heterocycles. The Balaban J connectivity index is 2.51. The summed E-state index contributed by atoms with van der Waals surface area (Å²) in [5.41, 5.74) is 1.82. The van der Waals surface area contributed by atoms with Crippen LogP contribution in [-0.4, -0.2) is 27.0 Å². The monoisotopic (exact) mass is 260 g/mol. The Labute approximate surface area is 111 Å². The molecule has 1 aromatic carbocycles. The lowest BCUT2D eigenvalue weighted by Crippen LogP contribution is -2.07. The Hall–Kier alpha value is -2.30. The standard InChI is InChI=1S/C14H16N2O3/c1-9(2)19-12-7-10(6-11(8-12)14(17)18)13-4-5-15-16(13)3/h4-9H,1-3H3,(H,17,18). The molecule has 0 fully saturated rings. The van der Waals surface area contributed by atoms with Crippen molar-refractivity contribution in [3.05, 3.63) is 36.0 Å². The molecule has 5 nitrogen and oxygen atoms in total. The summed E-state index contributed by atoms with van der Waals surface area (Å²) in [6, 6.07) is 6.80. The van der Waals surface area contributed by atoms with Crippen molar-refractivity contribution in [2.45, 2.75) is 20.0 Å². The van der Waals surface area contributed by atoms with Crippen LogP contribution in [0, 0.1) is 0 Å². The molecule has 5 heteroatoms. The van der Waals surface area contributed by atoms with Crippen molar-refractivity contribution >= 4 is 5.97 Å². The van der Waals surface area contributed by atoms with E-state index in [1.807, 2.05) is 33.0 Å². The van der Waals surface area contributed by atoms with Gasteiger partial charge in [-0.15, -0.1) is 0 Å². The van der Waals surface area contributed by atoms with Crippen molar-refractivity contribution in [3.63, 3.8) is 0 Å². The van der Waals surface area contributed by atoms with E-state index >= 15 is 0 Å². The number of hydrogen-bond donors (Lipinski definition) is 1. The summed E-state index contributed by atoms with van der Waals surface area (Å²) in [4.78, 5) is 11.2. The number of benzene rings is 1. The van der Waals surface area contributed by atoms with E-state index in [9.17, 15) is 4.79 Å². The van der Waals surface area contributed by atoms with Gasteiger partial charge in [-0.3, -0.25) is 4.68 Å². The Kier molecular flexibility index (Phi) is 3.55. The van der Waals surface area contributed by atoms with Crippen molar-refractivity contribution < 1.29 is 14.6 Å². The predicted molar refractivity (Wildman–Crippen MR) is 71.4 cm³/mol. The second-order valence-corrected chi connectivity index (χ2v) is 4.56. The fraction of sp³-hybridized carbons (Fsp3) is 0.286. The minimum atomic E-state index is -0.974. The number of carboxylic acid groups (broad SMARTS) is 1. The highest BCUT2D eigenvalue weighted by atomic mass is 16.5. The van der Waals surface area contributed by atoms with Crippen LogP contribution < -0.4 is 4.74 Å². The minimum Gasteiger partial charge on any atom is -0.491 e. The number of carbonyl (C=O) groups is 1. The zero-order valence-corrected chi connectivity index (χ0v) is 11.1. The van der Waals surface area contributed by atoms with E-state index < -0.39 is 5.97 Å². The highest BCUT2D eigenvalue weighted by Crippen LogP contribution is 2.26. The van der Waals surface area contributed by atoms with Gasteiger partial charge in [0, 0.05) is 18.8 Å². The molecule has 0 atom stereocenters. The third-order valence-electron chi connectivity index (χ3n) is 2.64. The molecule has 0 spiro atoms. The highest BCUT2D eigenvalue weighted by molar-refractivity contribution is 5.90. The number of nitrogens with zero attached hydrogens (tertiary/aromatic N) is 2. The van der Waals surface area contributed by atoms with Gasteiger partial charge in [0.05, 0.1) is 17.4 Å². The van der Waals surface area contributed by atoms with E-state index in [2.05, 4.69) is 5.10 Å². The Morgan fingerprint density at radius 3 is 2.63 bits per heavy atom. The van der Waals surface area contributed by atoms with Gasteiger partial charge in [-0.2, -0.15) is 5.10 Å². The van der Waals surface area contributed by atoms with Crippen LogP contribution in [0.2, 0.25) is 0 Å². The lowest BCUT2D eigenvalue weighted by molar-refractivity contribution is 0.0696. The van der Waals surface area contributed by atoms with E-state index in [0.717, 1.165) is 11.3 Å². The number of carboxylic acids is 1. The molecule has 0 radical (unpaired) electrons. The van der Waals surface area contributed by atoms with Crippen molar-refractivity contribution in [2.75, 3.05) is 0 Å². The van der Waals surface area contributed by atoms with Gasteiger partial charge in [-0.25, -0.2) is 4.79 Å². The van der Waals surface area contributed by atoms with E-state index in [1.165, 1.54) is 6.07 Å². The van der Waals surface area contributed by atoms with Crippen LogP contribution in [0.4, 0.5) is 0 Å². The summed E-state index contributed by atoms with van der Waals surface area (Å²) in [5, 5.41) is 13.2. The lowest BCUT2D eigenvalue weighted by Gasteiger charge is -2.12. The molecular weight excluding hydrogens is 244 g/mol. The van der Waals surface area contributed by atoms with Crippen molar-refractivity contribution in [2.24, 2.45) is 7.05 Å². The average Bonchev–Trinajstić information content (AvgIpc) is 2.74. The van der Waals surface area contributed by atoms with Gasteiger partial charge in [-0.1, -0.05) is 0 Å². The van der Waals surface area contributed by atoms with E-state index in [4.69, 9.17) is 9.84 Å². The first-order chi connectivity index (χ1) is 8.97. The molecule has 0 amide bonds. The quantitative estimate of drug-likeness (QED) is 0.917. The first-order valence-corrected chi connectivity index (χ1v) is 6.01. The van der Waals surface area contributed by atoms with Crippen LogP contribution >= 0.6 is 0 Å². The first-order valence-electron chi connectivity index (χ1n) is 6.01. The summed E-state index contributed by atoms with van der Waals surface area (Å²) in [7, 11) is 1.81. The second kappa shape index (κ2) is 5.14. The van der Waals surface area contributed by atoms with Crippen LogP contribution in [0.1, 0.15) is 24.2 Å². The predicted octanol–water partition coefficient (Wildman–Crippen LogP) is 2.57. The third-order valence-corrected chi connectivity index (χ3v) is 2.64. The van der Waals surface area contributed by atoms with Crippen molar-refractivity contribution in [1.82, 2.24) is 9.78 Å². The number of aryl methyl sites for hydroxylation is 1. The van der Waals surface area contributed by atoms with Gasteiger partial charge in [0.15, 0.2) is 0 Å². The number of aromatic carboxylic acids is 1. The zero-order valence-electron chi connectivity index (χ0n) is 11.1. The van der Waals surface area contributed by atoms with E-state index in [-0.39, 0.29) is 11.7 Å². The minimum absolute atomic E-state index is 0.0107. The Morgan fingerprint density at radius 1 is 1.37 bits per heavy atom. The third kappa shape index (κ3) is 2.93. The molecule has 100 valence electrons. The molecule has 0 bridgehead atoms. The second-order valence-electron chi connectivity index (χ2n) is 4.56. The molecular formula is C14H16N2O3. The topological polar surface area (TPSA) is 64.3 Å². The molecule has 0 aliphatic heterocycles. The largest absolute Gasteiger partial charge is 0.491 e. The van der Waals surface area contributed by atoms with Crippen LogP contribution in [0.15, 0.2) is 30.5 Å². The maximum Gasteiger partial charge on any atom is 0.335 e. The average molecular weight is 260 g/mol. The molecule has 0 saturated carbocycles. The van der Waals surface area contributed by atoms with Gasteiger partial charge in [-0.05, 0) is 38.1 Å². The zero-order chi connectivity index (χ0) is 14.0. The summed E-state index contributed by atoms with van der Waals surface area (Å²) in [6.07, 6.45) is 1.66. The van der Waals surface area contributed by atoms with Crippen molar-refractivity contribution in [1.29, 1.82) is 0 Å². The summed E-state index contributed by atoms with van der Waals surface area (Å²) in [6.45, 7) is 3.80. The van der Waals surface area contributed by atoms with Gasteiger partial charge >= 0.3 is 5.97 Å². The fourth-order valence-corrected chi connectivity index (χ4v) is 1.87. The fourth-order valence-electron chi connectivity index (χ4n) is 1.87. The molecule has 19 heavy (non-hydrogen) atoms. The molecule has 0 aliphatic carbocycles. The van der Waals surface area contributed by atoms with Gasteiger partial charge in [0.25, 0.3) is 0 Å². The van der Waals surface area contributed by atoms with E-state index in [0.29, 0.717) is 5.75 Å². The van der Waals surface area contributed by atoms with Crippen LogP contribution in [0.5, 0.6) is 5.75 Å². The molecule has 1 aromatic heterocycles. The number of ether oxygens (including phenoxy) is 1. The lowest BCUT2D eigenvalue weighted by atomic mass is 10.1. The smallest absolute Gasteiger partial charge is 0.335 e. The number of hydrogen-bond acceptors (Lipinski definition) is 3.